The van der Waals surface area contributed by atoms with Crippen molar-refractivity contribution in [2.75, 3.05) is 26.0 Å². The number of nitrogens with zero attached hydrogens (tertiary/aromatic N) is 2. The van der Waals surface area contributed by atoms with Crippen molar-refractivity contribution in [1.82, 2.24) is 10.1 Å². The van der Waals surface area contributed by atoms with Crippen LogP contribution in [-0.4, -0.2) is 50.3 Å². The zero-order valence-corrected chi connectivity index (χ0v) is 14.7. The van der Waals surface area contributed by atoms with E-state index in [1.165, 1.54) is 12.1 Å². The van der Waals surface area contributed by atoms with Crippen LogP contribution in [0.5, 0.6) is 5.75 Å². The molecule has 0 aliphatic carbocycles. The number of hydrogen-bond donors (Lipinski definition) is 0. The van der Waals surface area contributed by atoms with Crippen molar-refractivity contribution in [2.24, 2.45) is 0 Å². The summed E-state index contributed by atoms with van der Waals surface area (Å²) >= 11 is 0. The Hall–Kier alpha value is -2.35. The second kappa shape index (κ2) is 7.26. The van der Waals surface area contributed by atoms with Crippen molar-refractivity contribution >= 4 is 15.7 Å². The highest BCUT2D eigenvalue weighted by Gasteiger charge is 2.26. The zero-order valence-electron chi connectivity index (χ0n) is 13.9. The SMILES string of the molecule is CS(=O)(=O)c1ccc(OCC(=O)N2CCCC(c3ccno3)C2)cc1. The van der Waals surface area contributed by atoms with Crippen molar-refractivity contribution in [3.63, 3.8) is 0 Å². The highest BCUT2D eigenvalue weighted by atomic mass is 32.2. The predicted octanol–water partition coefficient (Wildman–Crippen LogP) is 1.86. The fourth-order valence-electron chi connectivity index (χ4n) is 2.89. The molecule has 0 N–H and O–H groups in total. The fourth-order valence-corrected chi connectivity index (χ4v) is 3.52. The molecule has 1 saturated heterocycles. The van der Waals surface area contributed by atoms with Gasteiger partial charge in [0.15, 0.2) is 16.4 Å². The van der Waals surface area contributed by atoms with E-state index >= 15 is 0 Å². The lowest BCUT2D eigenvalue weighted by Gasteiger charge is -2.31. The van der Waals surface area contributed by atoms with Gasteiger partial charge in [-0.15, -0.1) is 0 Å². The molecule has 0 spiro atoms. The van der Waals surface area contributed by atoms with Gasteiger partial charge in [-0.1, -0.05) is 5.16 Å². The Morgan fingerprint density at radius 2 is 2.08 bits per heavy atom. The summed E-state index contributed by atoms with van der Waals surface area (Å²) in [6.07, 6.45) is 4.63. The third-order valence-corrected chi connectivity index (χ3v) is 5.38. The highest BCUT2D eigenvalue weighted by Crippen LogP contribution is 2.26. The van der Waals surface area contributed by atoms with Gasteiger partial charge in [-0.3, -0.25) is 4.79 Å². The molecule has 1 aliphatic heterocycles. The number of benzene rings is 1. The number of carbonyl (C=O) groups excluding carboxylic acids is 1. The van der Waals surface area contributed by atoms with Crippen LogP contribution in [0.3, 0.4) is 0 Å². The van der Waals surface area contributed by atoms with E-state index in [1.807, 2.05) is 6.07 Å². The lowest BCUT2D eigenvalue weighted by molar-refractivity contribution is -0.134. The Morgan fingerprint density at radius 3 is 2.72 bits per heavy atom. The van der Waals surface area contributed by atoms with Crippen molar-refractivity contribution in [3.8, 4) is 5.75 Å². The van der Waals surface area contributed by atoms with E-state index in [9.17, 15) is 13.2 Å². The molecule has 1 aliphatic rings. The second-order valence-corrected chi connectivity index (χ2v) is 8.14. The number of amides is 1. The third kappa shape index (κ3) is 4.39. The first kappa shape index (κ1) is 17.5. The average Bonchev–Trinajstić information content (AvgIpc) is 3.14. The fraction of sp³-hybridized carbons (Fsp3) is 0.412. The van der Waals surface area contributed by atoms with E-state index in [-0.39, 0.29) is 23.3 Å². The topological polar surface area (TPSA) is 89.7 Å². The molecule has 1 atom stereocenters. The Labute approximate surface area is 146 Å². The molecule has 134 valence electrons. The van der Waals surface area contributed by atoms with Crippen molar-refractivity contribution < 1.29 is 22.5 Å². The lowest BCUT2D eigenvalue weighted by Crippen LogP contribution is -2.41. The van der Waals surface area contributed by atoms with Gasteiger partial charge < -0.3 is 14.2 Å². The largest absolute Gasteiger partial charge is 0.484 e. The Bertz CT molecular complexity index is 815. The third-order valence-electron chi connectivity index (χ3n) is 4.25. The predicted molar refractivity (Wildman–Crippen MR) is 90.1 cm³/mol. The van der Waals surface area contributed by atoms with Gasteiger partial charge >= 0.3 is 0 Å². The first-order valence-corrected chi connectivity index (χ1v) is 9.94. The summed E-state index contributed by atoms with van der Waals surface area (Å²) in [6, 6.07) is 7.87. The minimum atomic E-state index is -3.24. The van der Waals surface area contributed by atoms with E-state index in [0.717, 1.165) is 24.9 Å². The van der Waals surface area contributed by atoms with Crippen LogP contribution >= 0.6 is 0 Å². The molecule has 0 bridgehead atoms. The quantitative estimate of drug-likeness (QED) is 0.804. The van der Waals surface area contributed by atoms with Gasteiger partial charge in [0.2, 0.25) is 0 Å². The lowest BCUT2D eigenvalue weighted by atomic mass is 9.95. The summed E-state index contributed by atoms with van der Waals surface area (Å²) < 4.78 is 33.6. The minimum absolute atomic E-state index is 0.0820. The molecule has 8 heteroatoms. The number of aromatic nitrogens is 1. The summed E-state index contributed by atoms with van der Waals surface area (Å²) in [5.41, 5.74) is 0. The summed E-state index contributed by atoms with van der Waals surface area (Å²) in [4.78, 5) is 14.4. The smallest absolute Gasteiger partial charge is 0.260 e. The molecule has 2 heterocycles. The first-order valence-electron chi connectivity index (χ1n) is 8.05. The van der Waals surface area contributed by atoms with Crippen LogP contribution in [-0.2, 0) is 14.6 Å². The standard InChI is InChI=1S/C17H20N2O5S/c1-25(21,22)15-6-4-14(5-7-15)23-12-17(20)19-10-2-3-13(11-19)16-8-9-18-24-16/h4-9,13H,2-3,10-12H2,1H3. The van der Waals surface area contributed by atoms with E-state index in [4.69, 9.17) is 9.26 Å². The molecule has 1 amide bonds. The summed E-state index contributed by atoms with van der Waals surface area (Å²) in [7, 11) is -3.24. The Balaban J connectivity index is 1.55. The number of sulfone groups is 1. The van der Waals surface area contributed by atoms with Crippen LogP contribution in [0.1, 0.15) is 24.5 Å². The molecule has 7 nitrogen and oxygen atoms in total. The van der Waals surface area contributed by atoms with Crippen LogP contribution in [0.25, 0.3) is 0 Å². The van der Waals surface area contributed by atoms with E-state index in [2.05, 4.69) is 5.16 Å². The summed E-state index contributed by atoms with van der Waals surface area (Å²) in [5.74, 6) is 1.32. The van der Waals surface area contributed by atoms with Crippen molar-refractivity contribution in [2.45, 2.75) is 23.7 Å². The molecular weight excluding hydrogens is 344 g/mol. The molecule has 2 aromatic rings. The molecule has 3 rings (SSSR count). The zero-order chi connectivity index (χ0) is 17.9. The van der Waals surface area contributed by atoms with Crippen LogP contribution in [0.15, 0.2) is 45.9 Å². The van der Waals surface area contributed by atoms with Gasteiger partial charge in [-0.05, 0) is 37.1 Å². The Kier molecular flexibility index (Phi) is 5.08. The molecule has 0 radical (unpaired) electrons. The van der Waals surface area contributed by atoms with Crippen molar-refractivity contribution in [1.29, 1.82) is 0 Å². The van der Waals surface area contributed by atoms with Gasteiger partial charge in [0.05, 0.1) is 11.1 Å². The van der Waals surface area contributed by atoms with Crippen LogP contribution in [0.4, 0.5) is 0 Å². The molecule has 25 heavy (non-hydrogen) atoms. The number of hydrogen-bond acceptors (Lipinski definition) is 6. The average molecular weight is 364 g/mol. The Morgan fingerprint density at radius 1 is 1.32 bits per heavy atom. The minimum Gasteiger partial charge on any atom is -0.484 e. The van der Waals surface area contributed by atoms with Gasteiger partial charge in [-0.25, -0.2) is 8.42 Å². The molecule has 0 saturated carbocycles. The number of rotatable bonds is 5. The molecule has 1 fully saturated rings. The van der Waals surface area contributed by atoms with Crippen LogP contribution < -0.4 is 4.74 Å². The number of likely N-dealkylation sites (tertiary alicyclic amines) is 1. The molecule has 1 unspecified atom stereocenters. The maximum Gasteiger partial charge on any atom is 0.260 e. The van der Waals surface area contributed by atoms with Gasteiger partial charge in [-0.2, -0.15) is 0 Å². The van der Waals surface area contributed by atoms with Gasteiger partial charge in [0, 0.05) is 31.3 Å². The summed E-state index contributed by atoms with van der Waals surface area (Å²) in [5, 5.41) is 3.72. The van der Waals surface area contributed by atoms with Crippen molar-refractivity contribution in [3.05, 3.63) is 42.3 Å². The number of ether oxygens (including phenoxy) is 1. The maximum absolute atomic E-state index is 12.4. The maximum atomic E-state index is 12.4. The molecular formula is C17H20N2O5S. The number of piperidine rings is 1. The summed E-state index contributed by atoms with van der Waals surface area (Å²) in [6.45, 7) is 1.20. The molecule has 1 aromatic carbocycles. The van der Waals surface area contributed by atoms with Crippen LogP contribution in [0.2, 0.25) is 0 Å². The van der Waals surface area contributed by atoms with Gasteiger partial charge in [0.1, 0.15) is 11.5 Å². The number of carbonyl (C=O) groups is 1. The van der Waals surface area contributed by atoms with E-state index in [0.29, 0.717) is 18.8 Å². The van der Waals surface area contributed by atoms with Gasteiger partial charge in [0.25, 0.3) is 5.91 Å². The second-order valence-electron chi connectivity index (χ2n) is 6.13. The highest BCUT2D eigenvalue weighted by molar-refractivity contribution is 7.90. The van der Waals surface area contributed by atoms with E-state index < -0.39 is 9.84 Å². The normalized spacial score (nSPS) is 18.1. The monoisotopic (exact) mass is 364 g/mol. The van der Waals surface area contributed by atoms with Crippen LogP contribution in [0, 0.1) is 0 Å². The molecule has 1 aromatic heterocycles. The first-order chi connectivity index (χ1) is 11.9. The van der Waals surface area contributed by atoms with E-state index in [1.54, 1.807) is 23.2 Å².